The maximum Gasteiger partial charge on any atom is 0.170 e. The van der Waals surface area contributed by atoms with Crippen LogP contribution in [0.1, 0.15) is 30.2 Å². The van der Waals surface area contributed by atoms with Crippen molar-refractivity contribution < 1.29 is 4.42 Å². The highest BCUT2D eigenvalue weighted by Crippen LogP contribution is 2.13. The van der Waals surface area contributed by atoms with Crippen LogP contribution in [0, 0.1) is 13.8 Å². The van der Waals surface area contributed by atoms with Gasteiger partial charge in [0.2, 0.25) is 0 Å². The fourth-order valence-corrected chi connectivity index (χ4v) is 2.64. The van der Waals surface area contributed by atoms with E-state index in [1.54, 1.807) is 6.26 Å². The number of nitrogens with one attached hydrogen (secondary N) is 2. The molecule has 2 N–H and O–H groups in total. The summed E-state index contributed by atoms with van der Waals surface area (Å²) in [6.45, 7) is 6.29. The van der Waals surface area contributed by atoms with Gasteiger partial charge >= 0.3 is 0 Å². The average Bonchev–Trinajstić information content (AvgIpc) is 2.87. The Labute approximate surface area is 131 Å². The quantitative estimate of drug-likeness (QED) is 0.812. The molecule has 0 aliphatic carbocycles. The Morgan fingerprint density at radius 3 is 2.57 bits per heavy atom. The van der Waals surface area contributed by atoms with Crippen molar-refractivity contribution in [1.82, 2.24) is 5.32 Å². The van der Waals surface area contributed by atoms with Crippen LogP contribution in [-0.2, 0) is 6.42 Å². The highest BCUT2D eigenvalue weighted by molar-refractivity contribution is 7.80. The van der Waals surface area contributed by atoms with Crippen molar-refractivity contribution in [3.05, 3.63) is 53.5 Å². The predicted octanol–water partition coefficient (Wildman–Crippen LogP) is 4.20. The number of thiocarbonyl (C=S) groups is 1. The fraction of sp³-hybridized carbons (Fsp3) is 0.353. The third-order valence-electron chi connectivity index (χ3n) is 3.26. The molecule has 0 saturated carbocycles. The van der Waals surface area contributed by atoms with Gasteiger partial charge in [0.1, 0.15) is 5.76 Å². The van der Waals surface area contributed by atoms with Crippen LogP contribution >= 0.6 is 12.2 Å². The van der Waals surface area contributed by atoms with Gasteiger partial charge in [-0.25, -0.2) is 0 Å². The molecule has 0 spiro atoms. The standard InChI is InChI=1S/C17H22N2OS/c1-12-9-13(2)11-15(10-12)19-17(21)18-14(3)6-7-16-5-4-8-20-16/h4-5,8-11,14H,6-7H2,1-3H3,(H2,18,19,21)/t14-/m0/s1. The Bertz CT molecular complexity index is 573. The predicted molar refractivity (Wildman–Crippen MR) is 91.8 cm³/mol. The second kappa shape index (κ2) is 7.27. The molecule has 112 valence electrons. The van der Waals surface area contributed by atoms with Gasteiger partial charge in [0.05, 0.1) is 6.26 Å². The topological polar surface area (TPSA) is 37.2 Å². The molecule has 4 heteroatoms. The molecular weight excluding hydrogens is 280 g/mol. The lowest BCUT2D eigenvalue weighted by Crippen LogP contribution is -2.36. The summed E-state index contributed by atoms with van der Waals surface area (Å²) < 4.78 is 5.33. The normalized spacial score (nSPS) is 12.0. The average molecular weight is 302 g/mol. The molecule has 2 aromatic rings. The smallest absolute Gasteiger partial charge is 0.170 e. The van der Waals surface area contributed by atoms with Crippen LogP contribution in [-0.4, -0.2) is 11.2 Å². The lowest BCUT2D eigenvalue weighted by Gasteiger charge is -2.17. The molecule has 1 heterocycles. The van der Waals surface area contributed by atoms with E-state index in [4.69, 9.17) is 16.6 Å². The molecule has 0 amide bonds. The number of furan rings is 1. The van der Waals surface area contributed by atoms with Gasteiger partial charge in [-0.2, -0.15) is 0 Å². The van der Waals surface area contributed by atoms with Crippen molar-refractivity contribution >= 4 is 23.0 Å². The maximum atomic E-state index is 5.37. The molecule has 0 saturated heterocycles. The first-order chi connectivity index (χ1) is 10.0. The van der Waals surface area contributed by atoms with Gasteiger partial charge in [-0.15, -0.1) is 0 Å². The fourth-order valence-electron chi connectivity index (χ4n) is 2.32. The van der Waals surface area contributed by atoms with Crippen LogP contribution < -0.4 is 10.6 Å². The Morgan fingerprint density at radius 1 is 1.24 bits per heavy atom. The van der Waals surface area contributed by atoms with E-state index in [1.807, 2.05) is 12.1 Å². The van der Waals surface area contributed by atoms with Gasteiger partial charge in [-0.3, -0.25) is 0 Å². The molecule has 0 aliphatic rings. The number of hydrogen-bond donors (Lipinski definition) is 2. The van der Waals surface area contributed by atoms with Crippen molar-refractivity contribution in [2.24, 2.45) is 0 Å². The molecule has 3 nitrogen and oxygen atoms in total. The van der Waals surface area contributed by atoms with Crippen molar-refractivity contribution in [3.63, 3.8) is 0 Å². The molecule has 0 radical (unpaired) electrons. The molecule has 0 fully saturated rings. The van der Waals surface area contributed by atoms with E-state index in [-0.39, 0.29) is 0 Å². The minimum Gasteiger partial charge on any atom is -0.469 e. The summed E-state index contributed by atoms with van der Waals surface area (Å²) in [5.74, 6) is 1.01. The number of rotatable bonds is 5. The highest BCUT2D eigenvalue weighted by Gasteiger charge is 2.06. The zero-order chi connectivity index (χ0) is 15.2. The van der Waals surface area contributed by atoms with Gasteiger partial charge in [0, 0.05) is 18.2 Å². The van der Waals surface area contributed by atoms with Gasteiger partial charge in [-0.1, -0.05) is 6.07 Å². The lowest BCUT2D eigenvalue weighted by atomic mass is 10.1. The number of aryl methyl sites for hydroxylation is 3. The number of anilines is 1. The molecule has 0 aliphatic heterocycles. The van der Waals surface area contributed by atoms with E-state index in [9.17, 15) is 0 Å². The largest absolute Gasteiger partial charge is 0.469 e. The van der Waals surface area contributed by atoms with E-state index >= 15 is 0 Å². The molecule has 1 atom stereocenters. The van der Waals surface area contributed by atoms with Crippen LogP contribution in [0.25, 0.3) is 0 Å². The SMILES string of the molecule is Cc1cc(C)cc(NC(=S)N[C@@H](C)CCc2ccco2)c1. The third kappa shape index (κ3) is 5.23. The molecule has 0 bridgehead atoms. The number of hydrogen-bond acceptors (Lipinski definition) is 2. The second-order valence-corrected chi connectivity index (χ2v) is 5.90. The van der Waals surface area contributed by atoms with Gasteiger partial charge in [0.15, 0.2) is 5.11 Å². The van der Waals surface area contributed by atoms with Crippen molar-refractivity contribution in [2.45, 2.75) is 39.7 Å². The summed E-state index contributed by atoms with van der Waals surface area (Å²) in [5, 5.41) is 7.21. The summed E-state index contributed by atoms with van der Waals surface area (Å²) in [4.78, 5) is 0. The van der Waals surface area contributed by atoms with Crippen molar-refractivity contribution in [3.8, 4) is 0 Å². The first-order valence-corrected chi connectivity index (χ1v) is 7.62. The van der Waals surface area contributed by atoms with Crippen LogP contribution in [0.15, 0.2) is 41.0 Å². The van der Waals surface area contributed by atoms with Crippen molar-refractivity contribution in [2.75, 3.05) is 5.32 Å². The maximum absolute atomic E-state index is 5.37. The second-order valence-electron chi connectivity index (χ2n) is 5.49. The Balaban J connectivity index is 1.80. The monoisotopic (exact) mass is 302 g/mol. The Morgan fingerprint density at radius 2 is 1.95 bits per heavy atom. The lowest BCUT2D eigenvalue weighted by molar-refractivity contribution is 0.483. The van der Waals surface area contributed by atoms with Gasteiger partial charge in [0.25, 0.3) is 0 Å². The van der Waals surface area contributed by atoms with Crippen molar-refractivity contribution in [1.29, 1.82) is 0 Å². The summed E-state index contributed by atoms with van der Waals surface area (Å²) in [6, 6.07) is 10.5. The van der Waals surface area contributed by atoms with Gasteiger partial charge in [-0.05, 0) is 74.8 Å². The summed E-state index contributed by atoms with van der Waals surface area (Å²) in [5.41, 5.74) is 3.49. The van der Waals surface area contributed by atoms with Crippen LogP contribution in [0.4, 0.5) is 5.69 Å². The van der Waals surface area contributed by atoms with E-state index < -0.39 is 0 Å². The van der Waals surface area contributed by atoms with Crippen LogP contribution in [0.3, 0.4) is 0 Å². The van der Waals surface area contributed by atoms with Crippen LogP contribution in [0.5, 0.6) is 0 Å². The minimum absolute atomic E-state index is 0.293. The van der Waals surface area contributed by atoms with E-state index in [1.165, 1.54) is 11.1 Å². The Kier molecular flexibility index (Phi) is 5.39. The molecule has 2 rings (SSSR count). The van der Waals surface area contributed by atoms with Gasteiger partial charge < -0.3 is 15.1 Å². The van der Waals surface area contributed by atoms with E-state index in [0.717, 1.165) is 24.3 Å². The first-order valence-electron chi connectivity index (χ1n) is 7.21. The zero-order valence-electron chi connectivity index (χ0n) is 12.8. The molecule has 1 aromatic heterocycles. The molecular formula is C17H22N2OS. The molecule has 21 heavy (non-hydrogen) atoms. The molecule has 0 unspecified atom stereocenters. The summed E-state index contributed by atoms with van der Waals surface area (Å²) in [6.07, 6.45) is 3.59. The zero-order valence-corrected chi connectivity index (χ0v) is 13.6. The molecule has 1 aromatic carbocycles. The Hall–Kier alpha value is -1.81. The summed E-state index contributed by atoms with van der Waals surface area (Å²) >= 11 is 5.37. The highest BCUT2D eigenvalue weighted by atomic mass is 32.1. The minimum atomic E-state index is 0.293. The van der Waals surface area contributed by atoms with E-state index in [0.29, 0.717) is 11.2 Å². The third-order valence-corrected chi connectivity index (χ3v) is 3.48. The van der Waals surface area contributed by atoms with E-state index in [2.05, 4.69) is 49.6 Å². The summed E-state index contributed by atoms with van der Waals surface area (Å²) in [7, 11) is 0. The first kappa shape index (κ1) is 15.6. The van der Waals surface area contributed by atoms with Crippen LogP contribution in [0.2, 0.25) is 0 Å². The number of benzene rings is 1.